The molecular formula is C17H15B2ClFN5O4. The summed E-state index contributed by atoms with van der Waals surface area (Å²) in [5.74, 6) is -0.500. The molecule has 0 spiro atoms. The molecule has 13 heteroatoms. The fourth-order valence-electron chi connectivity index (χ4n) is 3.24. The fourth-order valence-corrected chi connectivity index (χ4v) is 3.41. The molecule has 1 aliphatic heterocycles. The predicted molar refractivity (Wildman–Crippen MR) is 108 cm³/mol. The van der Waals surface area contributed by atoms with Gasteiger partial charge in [-0.3, -0.25) is 0 Å². The molecule has 1 aliphatic rings. The molecule has 0 amide bonds. The van der Waals surface area contributed by atoms with Crippen molar-refractivity contribution in [1.29, 1.82) is 0 Å². The minimum atomic E-state index is -1.64. The molecule has 1 aromatic carbocycles. The van der Waals surface area contributed by atoms with Crippen LogP contribution in [0.2, 0.25) is 5.28 Å². The van der Waals surface area contributed by atoms with E-state index >= 15 is 4.39 Å². The number of alkyl halides is 1. The zero-order valence-corrected chi connectivity index (χ0v) is 16.3. The number of carbonyl (C=O) groups excluding carboxylic acids is 1. The Morgan fingerprint density at radius 2 is 2.13 bits per heavy atom. The summed E-state index contributed by atoms with van der Waals surface area (Å²) in [6, 6.07) is 8.43. The molecule has 2 N–H and O–H groups in total. The first kappa shape index (κ1) is 20.4. The molecule has 2 aromatic heterocycles. The molecule has 1 fully saturated rings. The second kappa shape index (κ2) is 8.49. The molecule has 4 atom stereocenters. The molecule has 4 rings (SSSR count). The van der Waals surface area contributed by atoms with Gasteiger partial charge < -0.3 is 0 Å². The van der Waals surface area contributed by atoms with Crippen molar-refractivity contribution in [3.05, 3.63) is 47.5 Å². The van der Waals surface area contributed by atoms with Crippen LogP contribution in [0.1, 0.15) is 16.6 Å². The number of ether oxygens (including phenoxy) is 2. The van der Waals surface area contributed by atoms with Gasteiger partial charge in [-0.2, -0.15) is 0 Å². The number of nitrogens with zero attached hydrogens (tertiary/aromatic N) is 4. The third-order valence-electron chi connectivity index (χ3n) is 4.60. The Morgan fingerprint density at radius 3 is 2.87 bits per heavy atom. The second-order valence-electron chi connectivity index (χ2n) is 6.44. The molecule has 1 unspecified atom stereocenters. The Hall–Kier alpha value is -2.85. The number of esters is 1. The first-order valence-electron chi connectivity index (χ1n) is 8.93. The first-order chi connectivity index (χ1) is 14.5. The Bertz CT molecular complexity index is 1090. The summed E-state index contributed by atoms with van der Waals surface area (Å²) in [6.07, 6.45) is -3.44. The van der Waals surface area contributed by atoms with Crippen molar-refractivity contribution in [2.24, 2.45) is 0 Å². The van der Waals surface area contributed by atoms with E-state index < -0.39 is 30.6 Å². The average molecular weight is 429 g/mol. The number of benzene rings is 1. The van der Waals surface area contributed by atoms with Crippen LogP contribution in [0.15, 0.2) is 36.7 Å². The summed E-state index contributed by atoms with van der Waals surface area (Å²) in [4.78, 5) is 24.2. The van der Waals surface area contributed by atoms with E-state index in [4.69, 9.17) is 31.5 Å². The van der Waals surface area contributed by atoms with E-state index in [0.29, 0.717) is 5.56 Å². The van der Waals surface area contributed by atoms with Crippen molar-refractivity contribution >= 4 is 48.9 Å². The number of imidazole rings is 1. The number of hydrogen-bond donors (Lipinski definition) is 1. The minimum absolute atomic E-state index is 0.0596. The van der Waals surface area contributed by atoms with Crippen molar-refractivity contribution in [3.63, 3.8) is 0 Å². The van der Waals surface area contributed by atoms with Gasteiger partial charge in [0.2, 0.25) is 0 Å². The molecule has 0 radical (unpaired) electrons. The summed E-state index contributed by atoms with van der Waals surface area (Å²) in [5.41, 5.74) is 6.64. The quantitative estimate of drug-likeness (QED) is 0.350. The maximum absolute atomic E-state index is 15.2. The van der Waals surface area contributed by atoms with Crippen LogP contribution in [-0.4, -0.2) is 64.8 Å². The van der Waals surface area contributed by atoms with Gasteiger partial charge in [-0.05, 0) is 0 Å². The molecule has 0 bridgehead atoms. The Balaban J connectivity index is 1.56. The topological polar surface area (TPSA) is 114 Å². The molecule has 0 aliphatic carbocycles. The van der Waals surface area contributed by atoms with Crippen molar-refractivity contribution in [2.45, 2.75) is 24.6 Å². The molecule has 1 saturated heterocycles. The molecule has 152 valence electrons. The third kappa shape index (κ3) is 3.80. The zero-order valence-electron chi connectivity index (χ0n) is 15.5. The first-order valence-corrected chi connectivity index (χ1v) is 9.31. The number of rotatable bonds is 6. The summed E-state index contributed by atoms with van der Waals surface area (Å²) in [5, 5.41) is -0.109. The van der Waals surface area contributed by atoms with Crippen LogP contribution < -0.4 is 5.73 Å². The van der Waals surface area contributed by atoms with Crippen molar-refractivity contribution < 1.29 is 23.3 Å². The normalized spacial score (nSPS) is 23.2. The van der Waals surface area contributed by atoms with Gasteiger partial charge >= 0.3 is 176 Å². The maximum atomic E-state index is 15.2. The predicted octanol–water partition coefficient (Wildman–Crippen LogP) is 0.975. The number of fused-ring (bicyclic) bond motifs is 1. The van der Waals surface area contributed by atoms with Gasteiger partial charge in [0.25, 0.3) is 0 Å². The van der Waals surface area contributed by atoms with Gasteiger partial charge in [0.15, 0.2) is 0 Å². The molecular weight excluding hydrogens is 414 g/mol. The molecule has 0 saturated carbocycles. The monoisotopic (exact) mass is 429 g/mol. The summed E-state index contributed by atoms with van der Waals surface area (Å²) in [7, 11) is 4.58. The van der Waals surface area contributed by atoms with Crippen molar-refractivity contribution in [1.82, 2.24) is 19.5 Å². The summed E-state index contributed by atoms with van der Waals surface area (Å²) >= 11 is 5.87. The Labute approximate surface area is 176 Å². The van der Waals surface area contributed by atoms with Crippen LogP contribution >= 0.6 is 11.6 Å². The summed E-state index contributed by atoms with van der Waals surface area (Å²) < 4.78 is 33.0. The number of nitrogens with two attached hydrogens (primary N) is 1. The van der Waals surface area contributed by atoms with Crippen LogP contribution in [-0.2, 0) is 14.1 Å². The van der Waals surface area contributed by atoms with Gasteiger partial charge in [0, 0.05) is 0 Å². The van der Waals surface area contributed by atoms with Gasteiger partial charge in [0.1, 0.15) is 0 Å². The molecule has 3 aromatic rings. The second-order valence-corrected chi connectivity index (χ2v) is 6.78. The summed E-state index contributed by atoms with van der Waals surface area (Å²) in [6.45, 7) is -0.229. The number of hydrogen-bond acceptors (Lipinski definition) is 8. The number of halogens is 2. The number of carbonyl (C=O) groups is 1. The van der Waals surface area contributed by atoms with Crippen LogP contribution in [0, 0.1) is 0 Å². The Morgan fingerprint density at radius 1 is 1.37 bits per heavy atom. The zero-order chi connectivity index (χ0) is 21.3. The van der Waals surface area contributed by atoms with Crippen LogP contribution in [0.25, 0.3) is 11.2 Å². The van der Waals surface area contributed by atoms with E-state index in [2.05, 4.69) is 22.3 Å². The van der Waals surface area contributed by atoms with Crippen LogP contribution in [0.5, 0.6) is 0 Å². The van der Waals surface area contributed by atoms with E-state index in [-0.39, 0.29) is 28.9 Å². The molecule has 9 nitrogen and oxygen atoms in total. The van der Waals surface area contributed by atoms with Gasteiger partial charge in [-0.1, -0.05) is 0 Å². The van der Waals surface area contributed by atoms with Crippen molar-refractivity contribution in [2.75, 3.05) is 12.3 Å². The fraction of sp³-hybridized carbons (Fsp3) is 0.294. The molecule has 3 heterocycles. The van der Waals surface area contributed by atoms with E-state index in [0.717, 1.165) is 7.00 Å². The average Bonchev–Trinajstić information content (AvgIpc) is 3.29. The van der Waals surface area contributed by atoms with E-state index in [9.17, 15) is 4.79 Å². The van der Waals surface area contributed by atoms with E-state index in [1.807, 2.05) is 0 Å². The third-order valence-corrected chi connectivity index (χ3v) is 4.77. The van der Waals surface area contributed by atoms with E-state index in [1.165, 1.54) is 10.9 Å². The van der Waals surface area contributed by atoms with Gasteiger partial charge in [0.05, 0.1) is 0 Å². The Kier molecular flexibility index (Phi) is 5.78. The standard InChI is InChI=1S/C17H15B2ClFN5O4/c18-19-30-12-9(6-28-16(27)8-4-2-1-3-5-8)29-15(10(12)21)26-7-23-11-13(22)24-17(20)25-14(11)26/h1-5,7,9-10,12,15,18H,6H2,(H2,22,24,25)/t9-,10+,12?,15-/m1/s1. The van der Waals surface area contributed by atoms with E-state index in [1.54, 1.807) is 30.3 Å². The van der Waals surface area contributed by atoms with Gasteiger partial charge in [-0.25, -0.2) is 0 Å². The number of aromatic nitrogens is 4. The van der Waals surface area contributed by atoms with Crippen LogP contribution in [0.4, 0.5) is 10.2 Å². The number of anilines is 1. The van der Waals surface area contributed by atoms with Crippen molar-refractivity contribution in [3.8, 4) is 0 Å². The molecule has 30 heavy (non-hydrogen) atoms. The van der Waals surface area contributed by atoms with Crippen LogP contribution in [0.3, 0.4) is 0 Å². The SMILES string of the molecule is B=BOC1[C@@H](COC(=O)c2ccccc2)O[C@@H](n2cnc3c(N)nc(Cl)nc32)[C@H]1F. The van der Waals surface area contributed by atoms with Gasteiger partial charge in [-0.15, -0.1) is 0 Å². The number of nitrogen functional groups attached to an aromatic ring is 1.